The second-order valence-electron chi connectivity index (χ2n) is 5.04. The Morgan fingerprint density at radius 3 is 2.24 bits per heavy atom. The van der Waals surface area contributed by atoms with Crippen LogP contribution in [0.15, 0.2) is 36.4 Å². The van der Waals surface area contributed by atoms with E-state index >= 15 is 0 Å². The molecule has 5 heteroatoms. The van der Waals surface area contributed by atoms with Gasteiger partial charge in [-0.3, -0.25) is 0 Å². The molecule has 0 spiro atoms. The van der Waals surface area contributed by atoms with E-state index in [0.717, 1.165) is 11.1 Å². The number of alkyl halides is 3. The van der Waals surface area contributed by atoms with Gasteiger partial charge in [-0.25, -0.2) is 4.39 Å². The van der Waals surface area contributed by atoms with E-state index in [2.05, 4.69) is 0 Å². The summed E-state index contributed by atoms with van der Waals surface area (Å²) in [6, 6.07) is 7.61. The molecule has 2 N–H and O–H groups in total. The molecule has 0 bridgehead atoms. The Kier molecular flexibility index (Phi) is 4.05. The van der Waals surface area contributed by atoms with Gasteiger partial charge in [-0.15, -0.1) is 0 Å². The first-order chi connectivity index (χ1) is 9.71. The van der Waals surface area contributed by atoms with Gasteiger partial charge < -0.3 is 5.73 Å². The number of hydrogen-bond acceptors (Lipinski definition) is 1. The minimum absolute atomic E-state index is 0.156. The van der Waals surface area contributed by atoms with E-state index in [-0.39, 0.29) is 5.56 Å². The SMILES string of the molecule is Cc1ccc(C(N)c2cccc(C(F)(F)F)c2F)c(C)c1. The molecule has 1 nitrogen and oxygen atoms in total. The lowest BCUT2D eigenvalue weighted by atomic mass is 9.93. The molecule has 0 radical (unpaired) electrons. The maximum absolute atomic E-state index is 14.1. The van der Waals surface area contributed by atoms with E-state index < -0.39 is 23.6 Å². The first kappa shape index (κ1) is 15.5. The highest BCUT2D eigenvalue weighted by Gasteiger charge is 2.35. The maximum Gasteiger partial charge on any atom is 0.419 e. The van der Waals surface area contributed by atoms with Gasteiger partial charge in [-0.2, -0.15) is 13.2 Å². The number of halogens is 4. The van der Waals surface area contributed by atoms with Crippen LogP contribution in [0, 0.1) is 19.7 Å². The third-order valence-electron chi connectivity index (χ3n) is 3.43. The molecule has 2 rings (SSSR count). The van der Waals surface area contributed by atoms with Gasteiger partial charge in [0.1, 0.15) is 5.82 Å². The third-order valence-corrected chi connectivity index (χ3v) is 3.43. The van der Waals surface area contributed by atoms with E-state index in [1.807, 2.05) is 13.0 Å². The number of rotatable bonds is 2. The van der Waals surface area contributed by atoms with Crippen molar-refractivity contribution >= 4 is 0 Å². The van der Waals surface area contributed by atoms with E-state index in [0.29, 0.717) is 11.6 Å². The van der Waals surface area contributed by atoms with Crippen LogP contribution in [0.4, 0.5) is 17.6 Å². The molecule has 0 heterocycles. The largest absolute Gasteiger partial charge is 0.419 e. The molecule has 2 aromatic carbocycles. The highest BCUT2D eigenvalue weighted by atomic mass is 19.4. The number of hydrogen-bond donors (Lipinski definition) is 1. The van der Waals surface area contributed by atoms with Gasteiger partial charge >= 0.3 is 6.18 Å². The van der Waals surface area contributed by atoms with Gasteiger partial charge in [0.15, 0.2) is 0 Å². The summed E-state index contributed by atoms with van der Waals surface area (Å²) >= 11 is 0. The van der Waals surface area contributed by atoms with Crippen LogP contribution in [0.25, 0.3) is 0 Å². The fourth-order valence-electron chi connectivity index (χ4n) is 2.35. The molecular weight excluding hydrogens is 282 g/mol. The molecular formula is C16H15F4N. The van der Waals surface area contributed by atoms with Gasteiger partial charge in [0.05, 0.1) is 11.6 Å². The Morgan fingerprint density at radius 2 is 1.67 bits per heavy atom. The normalized spacial score (nSPS) is 13.3. The van der Waals surface area contributed by atoms with Gasteiger partial charge in [0.25, 0.3) is 0 Å². The third kappa shape index (κ3) is 3.08. The summed E-state index contributed by atoms with van der Waals surface area (Å²) in [4.78, 5) is 0. The van der Waals surface area contributed by atoms with Crippen LogP contribution in [0.1, 0.15) is 33.9 Å². The molecule has 1 unspecified atom stereocenters. The highest BCUT2D eigenvalue weighted by molar-refractivity contribution is 5.40. The fraction of sp³-hybridized carbons (Fsp3) is 0.250. The second kappa shape index (κ2) is 5.48. The predicted molar refractivity (Wildman–Crippen MR) is 73.3 cm³/mol. The van der Waals surface area contributed by atoms with Crippen LogP contribution < -0.4 is 5.73 Å². The monoisotopic (exact) mass is 297 g/mol. The molecule has 0 aliphatic heterocycles. The molecule has 0 aliphatic carbocycles. The molecule has 21 heavy (non-hydrogen) atoms. The minimum atomic E-state index is -4.73. The zero-order valence-electron chi connectivity index (χ0n) is 11.6. The summed E-state index contributed by atoms with van der Waals surface area (Å²) in [5.74, 6) is -1.31. The van der Waals surface area contributed by atoms with Crippen molar-refractivity contribution in [3.63, 3.8) is 0 Å². The zero-order valence-corrected chi connectivity index (χ0v) is 11.6. The summed E-state index contributed by atoms with van der Waals surface area (Å²) in [7, 11) is 0. The van der Waals surface area contributed by atoms with E-state index in [4.69, 9.17) is 5.73 Å². The summed E-state index contributed by atoms with van der Waals surface area (Å²) in [5, 5.41) is 0. The van der Waals surface area contributed by atoms with E-state index in [1.54, 1.807) is 19.1 Å². The summed E-state index contributed by atoms with van der Waals surface area (Å²) < 4.78 is 52.4. The van der Waals surface area contributed by atoms with Crippen LogP contribution >= 0.6 is 0 Å². The lowest BCUT2D eigenvalue weighted by Crippen LogP contribution is -2.18. The average Bonchev–Trinajstić information content (AvgIpc) is 2.37. The molecule has 0 aromatic heterocycles. The topological polar surface area (TPSA) is 26.0 Å². The fourth-order valence-corrected chi connectivity index (χ4v) is 2.35. The number of benzene rings is 2. The Hall–Kier alpha value is -1.88. The lowest BCUT2D eigenvalue weighted by molar-refractivity contribution is -0.140. The highest BCUT2D eigenvalue weighted by Crippen LogP contribution is 2.35. The Morgan fingerprint density at radius 1 is 1.00 bits per heavy atom. The van der Waals surface area contributed by atoms with Crippen molar-refractivity contribution in [3.8, 4) is 0 Å². The van der Waals surface area contributed by atoms with Crippen LogP contribution in [-0.2, 0) is 6.18 Å². The molecule has 0 saturated carbocycles. The van der Waals surface area contributed by atoms with E-state index in [9.17, 15) is 17.6 Å². The van der Waals surface area contributed by atoms with Gasteiger partial charge in [0, 0.05) is 5.56 Å². The first-order valence-corrected chi connectivity index (χ1v) is 6.40. The van der Waals surface area contributed by atoms with E-state index in [1.165, 1.54) is 12.1 Å². The Labute approximate surface area is 120 Å². The summed E-state index contributed by atoms with van der Waals surface area (Å²) in [5.41, 5.74) is 6.96. The maximum atomic E-state index is 14.1. The number of nitrogens with two attached hydrogens (primary N) is 1. The molecule has 0 aliphatic rings. The van der Waals surface area contributed by atoms with Crippen molar-refractivity contribution < 1.29 is 17.6 Å². The minimum Gasteiger partial charge on any atom is -0.320 e. The van der Waals surface area contributed by atoms with Crippen molar-refractivity contribution in [3.05, 3.63) is 70.0 Å². The van der Waals surface area contributed by atoms with Crippen LogP contribution in [0.2, 0.25) is 0 Å². The molecule has 0 saturated heterocycles. The Balaban J connectivity index is 2.51. The predicted octanol–water partition coefficient (Wildman–Crippen LogP) is 4.51. The van der Waals surface area contributed by atoms with Gasteiger partial charge in [0.2, 0.25) is 0 Å². The summed E-state index contributed by atoms with van der Waals surface area (Å²) in [6.07, 6.45) is -4.73. The molecule has 2 aromatic rings. The molecule has 112 valence electrons. The molecule has 0 amide bonds. The quantitative estimate of drug-likeness (QED) is 0.811. The molecule has 1 atom stereocenters. The van der Waals surface area contributed by atoms with Crippen LogP contribution in [-0.4, -0.2) is 0 Å². The van der Waals surface area contributed by atoms with Crippen molar-refractivity contribution in [2.45, 2.75) is 26.1 Å². The smallest absolute Gasteiger partial charge is 0.320 e. The number of aryl methyl sites for hydroxylation is 2. The van der Waals surface area contributed by atoms with Crippen molar-refractivity contribution in [2.24, 2.45) is 5.73 Å². The Bertz CT molecular complexity index is 662. The lowest BCUT2D eigenvalue weighted by Gasteiger charge is -2.18. The van der Waals surface area contributed by atoms with Crippen LogP contribution in [0.3, 0.4) is 0 Å². The van der Waals surface area contributed by atoms with Crippen molar-refractivity contribution in [2.75, 3.05) is 0 Å². The summed E-state index contributed by atoms with van der Waals surface area (Å²) in [6.45, 7) is 3.70. The first-order valence-electron chi connectivity index (χ1n) is 6.40. The standard InChI is InChI=1S/C16H15F4N/c1-9-6-7-11(10(2)8-9)15(21)12-4-3-5-13(14(12)17)16(18,19)20/h3-8,15H,21H2,1-2H3. The van der Waals surface area contributed by atoms with Crippen LogP contribution in [0.5, 0.6) is 0 Å². The second-order valence-corrected chi connectivity index (χ2v) is 5.04. The van der Waals surface area contributed by atoms with Crippen molar-refractivity contribution in [1.29, 1.82) is 0 Å². The van der Waals surface area contributed by atoms with Gasteiger partial charge in [-0.1, -0.05) is 35.9 Å². The van der Waals surface area contributed by atoms with Gasteiger partial charge in [-0.05, 0) is 31.0 Å². The zero-order chi connectivity index (χ0) is 15.8. The van der Waals surface area contributed by atoms with Crippen molar-refractivity contribution in [1.82, 2.24) is 0 Å². The average molecular weight is 297 g/mol. The molecule has 0 fully saturated rings.